The predicted octanol–water partition coefficient (Wildman–Crippen LogP) is -1.32. The number of rotatable bonds is 2. The van der Waals surface area contributed by atoms with Crippen LogP contribution in [0, 0.1) is 11.8 Å². The average molecular weight is 312 g/mol. The van der Waals surface area contributed by atoms with Gasteiger partial charge in [-0.2, -0.15) is 0 Å². The van der Waals surface area contributed by atoms with Crippen molar-refractivity contribution >= 4 is 17.9 Å². The lowest BCUT2D eigenvalue weighted by Gasteiger charge is -2.39. The molecule has 0 spiro atoms. The molecule has 0 radical (unpaired) electrons. The number of fused-ring (bicyclic) bond motifs is 1. The Hall–Kier alpha value is -2.70. The topological polar surface area (TPSA) is 89.8 Å². The summed E-state index contributed by atoms with van der Waals surface area (Å²) in [6.07, 6.45) is 10.2. The molecule has 2 aliphatic rings. The van der Waals surface area contributed by atoms with E-state index < -0.39 is 0 Å². The van der Waals surface area contributed by atoms with E-state index in [1.165, 1.54) is 13.1 Å². The number of hydrogen-bond acceptors (Lipinski definition) is 4. The van der Waals surface area contributed by atoms with Gasteiger partial charge in [0.2, 0.25) is 0 Å². The minimum absolute atomic E-state index is 0.0886. The lowest BCUT2D eigenvalue weighted by atomic mass is 9.69. The van der Waals surface area contributed by atoms with Crippen LogP contribution in [0.2, 0.25) is 0 Å². The van der Waals surface area contributed by atoms with Gasteiger partial charge in [-0.25, -0.2) is 4.98 Å². The van der Waals surface area contributed by atoms with E-state index in [4.69, 9.17) is 0 Å². The van der Waals surface area contributed by atoms with Crippen molar-refractivity contribution < 1.29 is 4.79 Å². The van der Waals surface area contributed by atoms with E-state index in [2.05, 4.69) is 10.1 Å². The maximum Gasteiger partial charge on any atom is 0.272 e. The van der Waals surface area contributed by atoms with Gasteiger partial charge in [-0.1, -0.05) is 6.08 Å². The first-order chi connectivity index (χ1) is 11.0. The first-order valence-electron chi connectivity index (χ1n) is 7.59. The molecule has 0 bridgehead atoms. The van der Waals surface area contributed by atoms with Gasteiger partial charge in [-0.15, -0.1) is 0 Å². The predicted molar refractivity (Wildman–Crippen MR) is 83.0 cm³/mol. The largest absolute Gasteiger partial charge is 0.334 e. The Morgan fingerprint density at radius 1 is 1.22 bits per heavy atom. The van der Waals surface area contributed by atoms with Crippen molar-refractivity contribution in [1.82, 2.24) is 19.3 Å². The summed E-state index contributed by atoms with van der Waals surface area (Å²) in [4.78, 5) is 40.6. The Balaban J connectivity index is 1.68. The maximum atomic E-state index is 12.4. The maximum absolute atomic E-state index is 12.4. The standard InChI is InChI=1S/C16H16N4O3/c1-19-16(23)13-7-14(21)11(6-12(13)15(22)18-19)9-4-10(5-9)20-3-2-17-8-20/h2-3,6-11H,4-5H2,1H3,(H,18,22). The second-order valence-electron chi connectivity index (χ2n) is 6.27. The summed E-state index contributed by atoms with van der Waals surface area (Å²) in [6, 6.07) is 0.354. The normalized spacial score (nSPS) is 26.0. The molecule has 2 aromatic heterocycles. The molecule has 23 heavy (non-hydrogen) atoms. The Bertz CT molecular complexity index is 1010. The zero-order valence-corrected chi connectivity index (χ0v) is 12.6. The number of carbonyl (C=O) groups excluding carboxylic acids is 1. The molecule has 1 saturated carbocycles. The van der Waals surface area contributed by atoms with Crippen molar-refractivity contribution in [1.29, 1.82) is 0 Å². The van der Waals surface area contributed by atoms with Crippen LogP contribution in [0.1, 0.15) is 18.9 Å². The van der Waals surface area contributed by atoms with Gasteiger partial charge in [0.15, 0.2) is 5.78 Å². The molecule has 2 aromatic rings. The van der Waals surface area contributed by atoms with E-state index in [-0.39, 0.29) is 34.0 Å². The van der Waals surface area contributed by atoms with Crippen molar-refractivity contribution in [3.63, 3.8) is 0 Å². The number of H-pyrrole nitrogens is 1. The highest BCUT2D eigenvalue weighted by Gasteiger charge is 2.38. The molecular weight excluding hydrogens is 296 g/mol. The third kappa shape index (κ3) is 2.11. The van der Waals surface area contributed by atoms with Gasteiger partial charge >= 0.3 is 0 Å². The SMILES string of the molecule is Cn1[nH]c(=O)c2c(c1=O)=CC(=O)C(C1CC(n3ccnc3)C1)C=2. The fourth-order valence-electron chi connectivity index (χ4n) is 3.51. The first kappa shape index (κ1) is 13.9. The molecule has 1 unspecified atom stereocenters. The summed E-state index contributed by atoms with van der Waals surface area (Å²) in [7, 11) is 1.47. The summed E-state index contributed by atoms with van der Waals surface area (Å²) < 4.78 is 3.15. The highest BCUT2D eigenvalue weighted by Crippen LogP contribution is 2.43. The summed E-state index contributed by atoms with van der Waals surface area (Å²) >= 11 is 0. The lowest BCUT2D eigenvalue weighted by Crippen LogP contribution is -2.57. The highest BCUT2D eigenvalue weighted by atomic mass is 16.2. The fourth-order valence-corrected chi connectivity index (χ4v) is 3.51. The average Bonchev–Trinajstić information content (AvgIpc) is 2.98. The molecule has 0 aliphatic heterocycles. The molecule has 1 atom stereocenters. The van der Waals surface area contributed by atoms with Crippen LogP contribution in [0.15, 0.2) is 28.3 Å². The number of nitrogens with one attached hydrogen (secondary N) is 1. The third-order valence-electron chi connectivity index (χ3n) is 4.90. The van der Waals surface area contributed by atoms with Crippen molar-refractivity contribution in [3.05, 3.63) is 49.9 Å². The number of nitrogens with zero attached hydrogens (tertiary/aromatic N) is 3. The number of carbonyl (C=O) groups is 1. The van der Waals surface area contributed by atoms with Gasteiger partial charge in [0.25, 0.3) is 11.1 Å². The van der Waals surface area contributed by atoms with Crippen LogP contribution < -0.4 is 21.6 Å². The van der Waals surface area contributed by atoms with E-state index >= 15 is 0 Å². The molecule has 0 aromatic carbocycles. The van der Waals surface area contributed by atoms with Gasteiger partial charge in [-0.05, 0) is 24.8 Å². The number of hydrogen-bond donors (Lipinski definition) is 1. The van der Waals surface area contributed by atoms with Gasteiger partial charge < -0.3 is 4.57 Å². The van der Waals surface area contributed by atoms with Crippen LogP contribution in [0.5, 0.6) is 0 Å². The van der Waals surface area contributed by atoms with Crippen molar-refractivity contribution in [2.24, 2.45) is 18.9 Å². The quantitative estimate of drug-likeness (QED) is 0.745. The van der Waals surface area contributed by atoms with Crippen molar-refractivity contribution in [2.45, 2.75) is 18.9 Å². The molecule has 118 valence electrons. The lowest BCUT2D eigenvalue weighted by molar-refractivity contribution is -0.117. The monoisotopic (exact) mass is 312 g/mol. The van der Waals surface area contributed by atoms with Crippen LogP contribution in [0.3, 0.4) is 0 Å². The van der Waals surface area contributed by atoms with Gasteiger partial charge in [0, 0.05) is 31.4 Å². The van der Waals surface area contributed by atoms with Crippen molar-refractivity contribution in [2.75, 3.05) is 0 Å². The van der Waals surface area contributed by atoms with E-state index in [1.807, 2.05) is 10.8 Å². The van der Waals surface area contributed by atoms with Gasteiger partial charge in [-0.3, -0.25) is 24.2 Å². The number of ketones is 1. The molecule has 7 nitrogen and oxygen atoms in total. The highest BCUT2D eigenvalue weighted by molar-refractivity contribution is 6.11. The molecular formula is C16H16N4O3. The van der Waals surface area contributed by atoms with Crippen molar-refractivity contribution in [3.8, 4) is 0 Å². The zero-order chi connectivity index (χ0) is 16.1. The number of aromatic amines is 1. The number of Topliss-reactive ketones (excluding diaryl/α,β-unsaturated/α-hetero) is 1. The zero-order valence-electron chi connectivity index (χ0n) is 12.6. The molecule has 2 aliphatic carbocycles. The third-order valence-corrected chi connectivity index (χ3v) is 4.90. The van der Waals surface area contributed by atoms with E-state index in [0.29, 0.717) is 11.3 Å². The second-order valence-corrected chi connectivity index (χ2v) is 6.27. The van der Waals surface area contributed by atoms with Crippen LogP contribution in [0.4, 0.5) is 0 Å². The number of imidazole rings is 1. The fraction of sp³-hybridized carbons (Fsp3) is 0.375. The minimum atomic E-state index is -0.354. The minimum Gasteiger partial charge on any atom is -0.334 e. The molecule has 1 N–H and O–H groups in total. The molecule has 1 fully saturated rings. The van der Waals surface area contributed by atoms with E-state index in [0.717, 1.165) is 17.5 Å². The molecule has 0 saturated heterocycles. The number of aromatic nitrogens is 4. The van der Waals surface area contributed by atoms with Crippen LogP contribution in [0.25, 0.3) is 12.2 Å². The Kier molecular flexibility index (Phi) is 2.97. The summed E-state index contributed by atoms with van der Waals surface area (Å²) in [5.41, 5.74) is -0.686. The second kappa shape index (κ2) is 4.91. The van der Waals surface area contributed by atoms with Gasteiger partial charge in [0.1, 0.15) is 0 Å². The summed E-state index contributed by atoms with van der Waals surface area (Å²) in [5, 5.41) is 3.00. The molecule has 0 amide bonds. The smallest absolute Gasteiger partial charge is 0.272 e. The van der Waals surface area contributed by atoms with Crippen LogP contribution in [-0.4, -0.2) is 25.1 Å². The molecule has 7 heteroatoms. The number of aryl methyl sites for hydroxylation is 1. The molecule has 4 rings (SSSR count). The Morgan fingerprint density at radius 2 is 2.00 bits per heavy atom. The Morgan fingerprint density at radius 3 is 2.70 bits per heavy atom. The van der Waals surface area contributed by atoms with Gasteiger partial charge in [0.05, 0.1) is 16.8 Å². The van der Waals surface area contributed by atoms with E-state index in [9.17, 15) is 14.4 Å². The van der Waals surface area contributed by atoms with Crippen LogP contribution >= 0.6 is 0 Å². The summed E-state index contributed by atoms with van der Waals surface area (Å²) in [5.74, 6) is -0.215. The first-order valence-corrected chi connectivity index (χ1v) is 7.59. The Labute approximate surface area is 130 Å². The molecule has 2 heterocycles. The summed E-state index contributed by atoms with van der Waals surface area (Å²) in [6.45, 7) is 0. The van der Waals surface area contributed by atoms with E-state index in [1.54, 1.807) is 18.6 Å². The van der Waals surface area contributed by atoms with Crippen LogP contribution in [-0.2, 0) is 11.8 Å².